The topological polar surface area (TPSA) is 51.0 Å². The predicted octanol–water partition coefficient (Wildman–Crippen LogP) is 6.74. The number of hydrogen-bond donors (Lipinski definition) is 0. The van der Waals surface area contributed by atoms with Gasteiger partial charge < -0.3 is 4.90 Å². The number of para-hydroxylation sites is 1. The molecule has 0 radical (unpaired) electrons. The van der Waals surface area contributed by atoms with E-state index in [9.17, 15) is 4.79 Å². The minimum Gasteiger partial charge on any atom is -0.372 e. The van der Waals surface area contributed by atoms with E-state index in [1.54, 1.807) is 6.07 Å². The molecule has 0 spiro atoms. The summed E-state index contributed by atoms with van der Waals surface area (Å²) in [5.41, 5.74) is 6.81. The molecule has 37 heavy (non-hydrogen) atoms. The van der Waals surface area contributed by atoms with Crippen molar-refractivity contribution in [1.29, 1.82) is 0 Å². The number of fused-ring (bicyclic) bond motifs is 4. The first kappa shape index (κ1) is 21.7. The zero-order chi connectivity index (χ0) is 24.8. The molecule has 0 N–H and O–H groups in total. The summed E-state index contributed by atoms with van der Waals surface area (Å²) in [6.07, 6.45) is 7.54. The van der Waals surface area contributed by atoms with Gasteiger partial charge in [0.2, 0.25) is 0 Å². The zero-order valence-corrected chi connectivity index (χ0v) is 20.5. The first-order chi connectivity index (χ1) is 18.2. The Hall–Kier alpha value is -4.51. The molecule has 1 aliphatic heterocycles. The molecule has 0 unspecified atom stereocenters. The van der Waals surface area contributed by atoms with E-state index in [1.165, 1.54) is 24.9 Å². The Bertz CT molecular complexity index is 1830. The molecular formula is C32H26N4O. The average Bonchev–Trinajstić information content (AvgIpc) is 2.97. The maximum absolute atomic E-state index is 13.3. The van der Waals surface area contributed by atoms with Crippen LogP contribution in [0.15, 0.2) is 102 Å². The van der Waals surface area contributed by atoms with Crippen molar-refractivity contribution in [3.63, 3.8) is 0 Å². The molecule has 6 aromatic rings. The van der Waals surface area contributed by atoms with Crippen LogP contribution in [0.4, 0.5) is 5.69 Å². The number of anilines is 1. The number of aromatic nitrogens is 3. The van der Waals surface area contributed by atoms with Crippen LogP contribution in [0.5, 0.6) is 0 Å². The highest BCUT2D eigenvalue weighted by Gasteiger charge is 2.14. The molecule has 3 aromatic carbocycles. The summed E-state index contributed by atoms with van der Waals surface area (Å²) < 4.78 is 1.82. The Morgan fingerprint density at radius 2 is 1.41 bits per heavy atom. The molecule has 1 fully saturated rings. The second-order valence-corrected chi connectivity index (χ2v) is 9.78. The molecule has 7 rings (SSSR count). The minimum absolute atomic E-state index is 0.0523. The highest BCUT2D eigenvalue weighted by Crippen LogP contribution is 2.31. The maximum atomic E-state index is 13.3. The average molecular weight is 483 g/mol. The maximum Gasteiger partial charge on any atom is 0.255 e. The lowest BCUT2D eigenvalue weighted by molar-refractivity contribution is 0.578. The Morgan fingerprint density at radius 3 is 2.27 bits per heavy atom. The van der Waals surface area contributed by atoms with Gasteiger partial charge in [0.1, 0.15) is 0 Å². The predicted molar refractivity (Wildman–Crippen MR) is 152 cm³/mol. The van der Waals surface area contributed by atoms with Crippen LogP contribution in [-0.2, 0) is 0 Å². The van der Waals surface area contributed by atoms with E-state index >= 15 is 0 Å². The molecule has 5 nitrogen and oxygen atoms in total. The smallest absolute Gasteiger partial charge is 0.255 e. The lowest BCUT2D eigenvalue weighted by atomic mass is 10.0. The van der Waals surface area contributed by atoms with Crippen LogP contribution in [0, 0.1) is 0 Å². The van der Waals surface area contributed by atoms with Crippen LogP contribution in [0.25, 0.3) is 49.5 Å². The fourth-order valence-corrected chi connectivity index (χ4v) is 5.54. The van der Waals surface area contributed by atoms with Crippen molar-refractivity contribution in [2.75, 3.05) is 18.0 Å². The summed E-state index contributed by atoms with van der Waals surface area (Å²) in [6.45, 7) is 2.19. The van der Waals surface area contributed by atoms with Crippen molar-refractivity contribution >= 4 is 38.4 Å². The molecule has 0 amide bonds. The molecule has 3 aromatic heterocycles. The van der Waals surface area contributed by atoms with E-state index in [-0.39, 0.29) is 5.56 Å². The van der Waals surface area contributed by atoms with E-state index in [0.717, 1.165) is 62.6 Å². The van der Waals surface area contributed by atoms with Gasteiger partial charge in [0.25, 0.3) is 5.56 Å². The summed E-state index contributed by atoms with van der Waals surface area (Å²) >= 11 is 0. The third kappa shape index (κ3) is 3.84. The minimum atomic E-state index is -0.0523. The molecule has 0 bridgehead atoms. The third-order valence-electron chi connectivity index (χ3n) is 7.47. The van der Waals surface area contributed by atoms with E-state index in [4.69, 9.17) is 4.98 Å². The SMILES string of the molecule is O=c1ccc2cnc3ccc(-c4cnc5ccccc5c4)cc3c2n1-c1ccc(N2CCCCC2)cc1. The second kappa shape index (κ2) is 8.86. The number of pyridine rings is 3. The Labute approximate surface area is 214 Å². The van der Waals surface area contributed by atoms with Crippen molar-refractivity contribution in [1.82, 2.24) is 14.5 Å². The van der Waals surface area contributed by atoms with Gasteiger partial charge in [0.05, 0.1) is 16.6 Å². The van der Waals surface area contributed by atoms with E-state index in [2.05, 4.69) is 58.4 Å². The van der Waals surface area contributed by atoms with Crippen LogP contribution in [0.2, 0.25) is 0 Å². The van der Waals surface area contributed by atoms with Crippen LogP contribution in [0.1, 0.15) is 19.3 Å². The molecule has 180 valence electrons. The van der Waals surface area contributed by atoms with E-state index in [1.807, 2.05) is 47.3 Å². The zero-order valence-electron chi connectivity index (χ0n) is 20.5. The van der Waals surface area contributed by atoms with Gasteiger partial charge in [-0.2, -0.15) is 0 Å². The first-order valence-electron chi connectivity index (χ1n) is 12.9. The molecule has 1 aliphatic rings. The van der Waals surface area contributed by atoms with Gasteiger partial charge in [-0.1, -0.05) is 24.3 Å². The second-order valence-electron chi connectivity index (χ2n) is 9.78. The van der Waals surface area contributed by atoms with Gasteiger partial charge >= 0.3 is 0 Å². The monoisotopic (exact) mass is 482 g/mol. The van der Waals surface area contributed by atoms with Crippen molar-refractivity contribution in [3.8, 4) is 16.8 Å². The summed E-state index contributed by atoms with van der Waals surface area (Å²) in [6, 6.07) is 28.4. The number of hydrogen-bond acceptors (Lipinski definition) is 4. The molecule has 5 heteroatoms. The molecular weight excluding hydrogens is 456 g/mol. The third-order valence-corrected chi connectivity index (χ3v) is 7.47. The fraction of sp³-hybridized carbons (Fsp3) is 0.156. The fourth-order valence-electron chi connectivity index (χ4n) is 5.54. The summed E-state index contributed by atoms with van der Waals surface area (Å²) in [4.78, 5) is 25.1. The van der Waals surface area contributed by atoms with Crippen molar-refractivity contribution in [3.05, 3.63) is 108 Å². The summed E-state index contributed by atoms with van der Waals surface area (Å²) in [5, 5.41) is 2.98. The lowest BCUT2D eigenvalue weighted by Crippen LogP contribution is -2.29. The largest absolute Gasteiger partial charge is 0.372 e. The van der Waals surface area contributed by atoms with Gasteiger partial charge in [-0.15, -0.1) is 0 Å². The van der Waals surface area contributed by atoms with Gasteiger partial charge in [0.15, 0.2) is 0 Å². The van der Waals surface area contributed by atoms with Crippen LogP contribution < -0.4 is 10.5 Å². The van der Waals surface area contributed by atoms with Gasteiger partial charge in [-0.3, -0.25) is 19.3 Å². The Kier molecular flexibility index (Phi) is 5.21. The number of benzene rings is 3. The lowest BCUT2D eigenvalue weighted by Gasteiger charge is -2.29. The number of nitrogens with zero attached hydrogens (tertiary/aromatic N) is 4. The Balaban J connectivity index is 1.40. The molecule has 0 saturated carbocycles. The normalized spacial score (nSPS) is 14.0. The highest BCUT2D eigenvalue weighted by atomic mass is 16.1. The number of rotatable bonds is 3. The summed E-state index contributed by atoms with van der Waals surface area (Å²) in [7, 11) is 0. The van der Waals surface area contributed by atoms with Crippen LogP contribution in [0.3, 0.4) is 0 Å². The van der Waals surface area contributed by atoms with Gasteiger partial charge in [-0.25, -0.2) is 0 Å². The molecule has 1 saturated heterocycles. The van der Waals surface area contributed by atoms with Crippen LogP contribution in [-0.4, -0.2) is 27.6 Å². The van der Waals surface area contributed by atoms with E-state index < -0.39 is 0 Å². The molecule has 4 heterocycles. The van der Waals surface area contributed by atoms with Crippen molar-refractivity contribution < 1.29 is 0 Å². The highest BCUT2D eigenvalue weighted by molar-refractivity contribution is 6.05. The van der Waals surface area contributed by atoms with Gasteiger partial charge in [0, 0.05) is 64.6 Å². The Morgan fingerprint density at radius 1 is 0.622 bits per heavy atom. The van der Waals surface area contributed by atoms with Crippen molar-refractivity contribution in [2.24, 2.45) is 0 Å². The van der Waals surface area contributed by atoms with Gasteiger partial charge in [-0.05, 0) is 79.4 Å². The van der Waals surface area contributed by atoms with E-state index in [0.29, 0.717) is 0 Å². The molecule has 0 aliphatic carbocycles. The first-order valence-corrected chi connectivity index (χ1v) is 12.9. The van der Waals surface area contributed by atoms with Crippen molar-refractivity contribution in [2.45, 2.75) is 19.3 Å². The molecule has 0 atom stereocenters. The van der Waals surface area contributed by atoms with Crippen LogP contribution >= 0.6 is 0 Å². The quantitative estimate of drug-likeness (QED) is 0.262. The summed E-state index contributed by atoms with van der Waals surface area (Å²) in [5.74, 6) is 0. The standard InChI is InChI=1S/C32H26N4O/c37-31-15-9-24-20-34-30-14-8-22(25-18-23-6-2-3-7-29(23)33-21-25)19-28(30)32(24)36(31)27-12-10-26(11-13-27)35-16-4-1-5-17-35/h2-3,6-15,18-21H,1,4-5,16-17H2. The number of piperidine rings is 1.